The van der Waals surface area contributed by atoms with Gasteiger partial charge in [0.2, 0.25) is 0 Å². The summed E-state index contributed by atoms with van der Waals surface area (Å²) in [5.74, 6) is 0. The van der Waals surface area contributed by atoms with Crippen LogP contribution in [0.5, 0.6) is 0 Å². The molecule has 1 fully saturated rings. The van der Waals surface area contributed by atoms with Crippen LogP contribution < -0.4 is 0 Å². The molecule has 1 aromatic carbocycles. The highest BCUT2D eigenvalue weighted by Crippen LogP contribution is 2.28. The summed E-state index contributed by atoms with van der Waals surface area (Å²) >= 11 is 3.39. The summed E-state index contributed by atoms with van der Waals surface area (Å²) in [5.41, 5.74) is 1.01. The van der Waals surface area contributed by atoms with E-state index in [1.54, 1.807) is 4.90 Å². The zero-order valence-electron chi connectivity index (χ0n) is 8.60. The van der Waals surface area contributed by atoms with Gasteiger partial charge in [-0.2, -0.15) is 0 Å². The third kappa shape index (κ3) is 2.20. The van der Waals surface area contributed by atoms with E-state index in [0.29, 0.717) is 13.2 Å². The molecule has 0 spiro atoms. The van der Waals surface area contributed by atoms with Gasteiger partial charge in [0.15, 0.2) is 0 Å². The Kier molecular flexibility index (Phi) is 3.46. The minimum absolute atomic E-state index is 0.0559. The van der Waals surface area contributed by atoms with E-state index >= 15 is 0 Å². The van der Waals surface area contributed by atoms with E-state index in [4.69, 9.17) is 9.84 Å². The lowest BCUT2D eigenvalue weighted by Gasteiger charge is -2.20. The molecule has 1 atom stereocenters. The van der Waals surface area contributed by atoms with Crippen LogP contribution >= 0.6 is 15.9 Å². The van der Waals surface area contributed by atoms with Crippen LogP contribution in [0.25, 0.3) is 0 Å². The first-order valence-electron chi connectivity index (χ1n) is 5.02. The fourth-order valence-corrected chi connectivity index (χ4v) is 2.21. The van der Waals surface area contributed by atoms with Crippen LogP contribution in [0.15, 0.2) is 28.7 Å². The van der Waals surface area contributed by atoms with Gasteiger partial charge in [-0.3, -0.25) is 4.90 Å². The molecule has 1 saturated heterocycles. The van der Waals surface area contributed by atoms with E-state index in [0.717, 1.165) is 10.0 Å². The Hall–Kier alpha value is -1.07. The molecule has 0 bridgehead atoms. The van der Waals surface area contributed by atoms with Crippen molar-refractivity contribution >= 4 is 22.0 Å². The topological polar surface area (TPSA) is 49.8 Å². The van der Waals surface area contributed by atoms with E-state index in [-0.39, 0.29) is 18.7 Å². The summed E-state index contributed by atoms with van der Waals surface area (Å²) in [6, 6.07) is 7.65. The maximum atomic E-state index is 11.4. The number of benzene rings is 1. The summed E-state index contributed by atoms with van der Waals surface area (Å²) < 4.78 is 5.95. The van der Waals surface area contributed by atoms with Gasteiger partial charge in [-0.1, -0.05) is 28.1 Å². The van der Waals surface area contributed by atoms with Gasteiger partial charge >= 0.3 is 6.09 Å². The molecule has 86 valence electrons. The zero-order valence-corrected chi connectivity index (χ0v) is 10.2. The molecular formula is C11H12BrNO3. The number of cyclic esters (lactones) is 1. The van der Waals surface area contributed by atoms with Crippen molar-refractivity contribution in [1.29, 1.82) is 0 Å². The number of halogens is 1. The second-order valence-corrected chi connectivity index (χ2v) is 4.48. The lowest BCUT2D eigenvalue weighted by molar-refractivity contribution is 0.148. The largest absolute Gasteiger partial charge is 0.447 e. The Labute approximate surface area is 102 Å². The van der Waals surface area contributed by atoms with E-state index in [2.05, 4.69) is 15.9 Å². The summed E-state index contributed by atoms with van der Waals surface area (Å²) in [5, 5.41) is 8.91. The number of hydrogen-bond acceptors (Lipinski definition) is 3. The predicted octanol–water partition coefficient (Wildman–Crippen LogP) is 1.93. The van der Waals surface area contributed by atoms with Crippen LogP contribution in [0.4, 0.5) is 4.79 Å². The van der Waals surface area contributed by atoms with Gasteiger partial charge in [0.1, 0.15) is 6.61 Å². The number of ether oxygens (including phenoxy) is 1. The van der Waals surface area contributed by atoms with Gasteiger partial charge in [-0.05, 0) is 17.7 Å². The van der Waals surface area contributed by atoms with Crippen LogP contribution in [0.1, 0.15) is 11.6 Å². The second kappa shape index (κ2) is 4.84. The maximum Gasteiger partial charge on any atom is 0.410 e. The highest BCUT2D eigenvalue weighted by molar-refractivity contribution is 9.10. The number of carbonyl (C=O) groups excluding carboxylic acids is 1. The highest BCUT2D eigenvalue weighted by atomic mass is 79.9. The number of aliphatic hydroxyl groups excluding tert-OH is 1. The fourth-order valence-electron chi connectivity index (χ4n) is 1.80. The number of aliphatic hydroxyl groups is 1. The number of amides is 1. The molecule has 0 aliphatic carbocycles. The lowest BCUT2D eigenvalue weighted by atomic mass is 10.1. The monoisotopic (exact) mass is 285 g/mol. The normalized spacial score (nSPS) is 20.0. The number of carbonyl (C=O) groups is 1. The van der Waals surface area contributed by atoms with Gasteiger partial charge in [0.25, 0.3) is 0 Å². The lowest BCUT2D eigenvalue weighted by Crippen LogP contribution is -2.30. The van der Waals surface area contributed by atoms with Crippen LogP contribution in [-0.4, -0.2) is 35.9 Å². The first-order valence-corrected chi connectivity index (χ1v) is 5.81. The molecule has 1 N–H and O–H groups in total. The molecule has 1 aliphatic heterocycles. The van der Waals surface area contributed by atoms with E-state index in [9.17, 15) is 4.79 Å². The van der Waals surface area contributed by atoms with Crippen LogP contribution in [0, 0.1) is 0 Å². The Morgan fingerprint density at radius 3 is 3.06 bits per heavy atom. The number of nitrogens with zero attached hydrogens (tertiary/aromatic N) is 1. The minimum Gasteiger partial charge on any atom is -0.447 e. The van der Waals surface area contributed by atoms with Crippen molar-refractivity contribution < 1.29 is 14.6 Å². The fraction of sp³-hybridized carbons (Fsp3) is 0.364. The van der Waals surface area contributed by atoms with Crippen molar-refractivity contribution in [1.82, 2.24) is 4.90 Å². The summed E-state index contributed by atoms with van der Waals surface area (Å²) in [6.45, 7) is 0.588. The zero-order chi connectivity index (χ0) is 11.5. The van der Waals surface area contributed by atoms with Crippen molar-refractivity contribution in [3.63, 3.8) is 0 Å². The van der Waals surface area contributed by atoms with Crippen molar-refractivity contribution in [2.45, 2.75) is 6.04 Å². The molecule has 5 heteroatoms. The molecule has 1 heterocycles. The molecule has 1 aromatic rings. The average Bonchev–Trinajstić information content (AvgIpc) is 2.61. The Balaban J connectivity index is 2.23. The number of hydrogen-bond donors (Lipinski definition) is 1. The molecule has 1 amide bonds. The molecule has 0 aromatic heterocycles. The first kappa shape index (κ1) is 11.4. The standard InChI is InChI=1S/C11H12BrNO3/c12-9-3-1-2-8(6-9)10-7-16-11(15)13(10)4-5-14/h1-3,6,10,14H,4-5,7H2. The van der Waals surface area contributed by atoms with Gasteiger partial charge in [0.05, 0.1) is 12.6 Å². The molecule has 1 unspecified atom stereocenters. The second-order valence-electron chi connectivity index (χ2n) is 3.56. The van der Waals surface area contributed by atoms with Gasteiger partial charge in [-0.25, -0.2) is 4.79 Å². The predicted molar refractivity (Wildman–Crippen MR) is 62.0 cm³/mol. The SMILES string of the molecule is O=C1OCC(c2cccc(Br)c2)N1CCO. The smallest absolute Gasteiger partial charge is 0.410 e. The van der Waals surface area contributed by atoms with Crippen molar-refractivity contribution in [3.8, 4) is 0 Å². The van der Waals surface area contributed by atoms with Crippen LogP contribution in [0.2, 0.25) is 0 Å². The number of β-amino-alcohol motifs (C(OH)–C–C–N with tert-alkyl or cyclic N) is 1. The van der Waals surface area contributed by atoms with E-state index in [1.165, 1.54) is 0 Å². The third-order valence-corrected chi connectivity index (χ3v) is 3.04. The van der Waals surface area contributed by atoms with Gasteiger partial charge in [-0.15, -0.1) is 0 Å². The molecular weight excluding hydrogens is 274 g/mol. The van der Waals surface area contributed by atoms with E-state index in [1.807, 2.05) is 24.3 Å². The van der Waals surface area contributed by atoms with Gasteiger partial charge < -0.3 is 9.84 Å². The first-order chi connectivity index (χ1) is 7.72. The summed E-state index contributed by atoms with van der Waals surface area (Å²) in [7, 11) is 0. The number of rotatable bonds is 3. The van der Waals surface area contributed by atoms with Crippen LogP contribution in [-0.2, 0) is 4.74 Å². The van der Waals surface area contributed by atoms with Crippen molar-refractivity contribution in [2.75, 3.05) is 19.8 Å². The summed E-state index contributed by atoms with van der Waals surface area (Å²) in [6.07, 6.45) is -0.362. The Morgan fingerprint density at radius 2 is 2.38 bits per heavy atom. The van der Waals surface area contributed by atoms with E-state index < -0.39 is 0 Å². The maximum absolute atomic E-state index is 11.4. The Morgan fingerprint density at radius 1 is 1.56 bits per heavy atom. The van der Waals surface area contributed by atoms with Crippen LogP contribution in [0.3, 0.4) is 0 Å². The molecule has 2 rings (SSSR count). The molecule has 4 nitrogen and oxygen atoms in total. The minimum atomic E-state index is -0.362. The van der Waals surface area contributed by atoms with Crippen molar-refractivity contribution in [2.24, 2.45) is 0 Å². The highest BCUT2D eigenvalue weighted by Gasteiger charge is 2.33. The summed E-state index contributed by atoms with van der Waals surface area (Å²) in [4.78, 5) is 13.0. The third-order valence-electron chi connectivity index (χ3n) is 2.55. The van der Waals surface area contributed by atoms with Crippen molar-refractivity contribution in [3.05, 3.63) is 34.3 Å². The van der Waals surface area contributed by atoms with Gasteiger partial charge in [0, 0.05) is 11.0 Å². The Bertz CT molecular complexity index is 397. The molecule has 16 heavy (non-hydrogen) atoms. The molecule has 0 radical (unpaired) electrons. The molecule has 1 aliphatic rings. The average molecular weight is 286 g/mol. The molecule has 0 saturated carbocycles. The quantitative estimate of drug-likeness (QED) is 0.923.